The van der Waals surface area contributed by atoms with E-state index in [-0.39, 0.29) is 17.0 Å². The maximum atomic E-state index is 14.9. The van der Waals surface area contributed by atoms with Crippen LogP contribution >= 0.6 is 11.6 Å². The maximum absolute atomic E-state index is 14.9. The van der Waals surface area contributed by atoms with Crippen molar-refractivity contribution in [2.75, 3.05) is 4.90 Å². The molecule has 2 amide bonds. The van der Waals surface area contributed by atoms with Crippen molar-refractivity contribution >= 4 is 35.4 Å². The topological polar surface area (TPSA) is 106 Å². The van der Waals surface area contributed by atoms with Gasteiger partial charge in [-0.3, -0.25) is 0 Å². The van der Waals surface area contributed by atoms with Crippen molar-refractivity contribution in [2.24, 2.45) is 0 Å². The number of pyridine rings is 1. The highest BCUT2D eigenvalue weighted by Crippen LogP contribution is 2.33. The third-order valence-electron chi connectivity index (χ3n) is 3.07. The molecule has 1 rings (SSSR count). The first-order chi connectivity index (χ1) is 12.6. The Labute approximate surface area is 167 Å². The van der Waals surface area contributed by atoms with Gasteiger partial charge in [-0.25, -0.2) is 23.8 Å². The quantitative estimate of drug-likeness (QED) is 0.702. The molecule has 0 radical (unpaired) electrons. The zero-order valence-electron chi connectivity index (χ0n) is 16.8. The van der Waals surface area contributed by atoms with Crippen molar-refractivity contribution in [2.45, 2.75) is 66.1 Å². The van der Waals surface area contributed by atoms with Crippen molar-refractivity contribution in [1.82, 2.24) is 4.98 Å². The molecule has 28 heavy (non-hydrogen) atoms. The summed E-state index contributed by atoms with van der Waals surface area (Å²) in [7, 11) is 0. The lowest BCUT2D eigenvalue weighted by atomic mass is 10.1. The van der Waals surface area contributed by atoms with Crippen LogP contribution in [-0.2, 0) is 15.9 Å². The van der Waals surface area contributed by atoms with E-state index in [1.807, 2.05) is 0 Å². The van der Waals surface area contributed by atoms with Crippen molar-refractivity contribution in [1.29, 1.82) is 0 Å². The van der Waals surface area contributed by atoms with Crippen LogP contribution in [0.3, 0.4) is 0 Å². The monoisotopic (exact) mass is 418 g/mol. The van der Waals surface area contributed by atoms with E-state index in [0.717, 1.165) is 0 Å². The Kier molecular flexibility index (Phi) is 7.00. The van der Waals surface area contributed by atoms with Crippen LogP contribution in [0.25, 0.3) is 0 Å². The van der Waals surface area contributed by atoms with Gasteiger partial charge in [-0.05, 0) is 48.0 Å². The second-order valence-corrected chi connectivity index (χ2v) is 8.20. The number of amides is 2. The number of anilines is 1. The Bertz CT molecular complexity index is 771. The van der Waals surface area contributed by atoms with Gasteiger partial charge in [0, 0.05) is 0 Å². The fourth-order valence-corrected chi connectivity index (χ4v) is 2.32. The standard InChI is InChI=1S/C18H24ClFN2O6/c1-8-9-10(14(23)24)12(11(20)13(19)21-9)22(15(25)27-17(2,3)4)16(26)28-18(5,6)7/h8H2,1-7H3,(H,23,24). The minimum Gasteiger partial charge on any atom is -0.478 e. The molecule has 1 aromatic heterocycles. The molecular weight excluding hydrogens is 395 g/mol. The van der Waals surface area contributed by atoms with Crippen molar-refractivity contribution in [3.05, 3.63) is 22.2 Å². The van der Waals surface area contributed by atoms with Crippen molar-refractivity contribution in [3.63, 3.8) is 0 Å². The fourth-order valence-electron chi connectivity index (χ4n) is 2.13. The van der Waals surface area contributed by atoms with Crippen LogP contribution in [-0.4, -0.2) is 39.4 Å². The summed E-state index contributed by atoms with van der Waals surface area (Å²) in [5.74, 6) is -2.94. The summed E-state index contributed by atoms with van der Waals surface area (Å²) in [6, 6.07) is 0. The SMILES string of the molecule is CCc1nc(Cl)c(F)c(N(C(=O)OC(C)(C)C)C(=O)OC(C)(C)C)c1C(=O)O. The van der Waals surface area contributed by atoms with Gasteiger partial charge in [0.05, 0.1) is 5.69 Å². The highest BCUT2D eigenvalue weighted by atomic mass is 35.5. The van der Waals surface area contributed by atoms with Gasteiger partial charge in [0.2, 0.25) is 0 Å². The first-order valence-corrected chi connectivity index (χ1v) is 8.84. The van der Waals surface area contributed by atoms with E-state index in [4.69, 9.17) is 21.1 Å². The number of aromatic nitrogens is 1. The summed E-state index contributed by atoms with van der Waals surface area (Å²) in [5.41, 5.74) is -3.77. The van der Waals surface area contributed by atoms with Crippen molar-refractivity contribution in [3.8, 4) is 0 Å². The summed E-state index contributed by atoms with van der Waals surface area (Å²) in [5, 5.41) is 8.90. The van der Waals surface area contributed by atoms with E-state index >= 15 is 0 Å². The number of carbonyl (C=O) groups is 3. The molecule has 1 heterocycles. The molecule has 8 nitrogen and oxygen atoms in total. The zero-order chi connectivity index (χ0) is 22.0. The molecular formula is C18H24ClFN2O6. The van der Waals surface area contributed by atoms with Crippen LogP contribution in [0.2, 0.25) is 5.15 Å². The second kappa shape index (κ2) is 8.30. The van der Waals surface area contributed by atoms with Gasteiger partial charge in [-0.15, -0.1) is 0 Å². The number of halogens is 2. The number of nitrogens with zero attached hydrogens (tertiary/aromatic N) is 2. The van der Waals surface area contributed by atoms with Gasteiger partial charge in [0.15, 0.2) is 11.0 Å². The van der Waals surface area contributed by atoms with E-state index in [9.17, 15) is 23.9 Å². The number of aromatic carboxylic acids is 1. The maximum Gasteiger partial charge on any atom is 0.424 e. The number of ether oxygens (including phenoxy) is 2. The molecule has 0 aliphatic rings. The van der Waals surface area contributed by atoms with E-state index in [2.05, 4.69) is 4.98 Å². The average molecular weight is 419 g/mol. The zero-order valence-corrected chi connectivity index (χ0v) is 17.6. The number of hydrogen-bond acceptors (Lipinski definition) is 6. The van der Waals surface area contributed by atoms with Gasteiger partial charge in [0.25, 0.3) is 0 Å². The van der Waals surface area contributed by atoms with Gasteiger partial charge in [0.1, 0.15) is 22.5 Å². The second-order valence-electron chi connectivity index (χ2n) is 7.84. The lowest BCUT2D eigenvalue weighted by molar-refractivity contribution is 0.0428. The van der Waals surface area contributed by atoms with E-state index in [1.165, 1.54) is 41.5 Å². The minimum atomic E-state index is -1.59. The fraction of sp³-hybridized carbons (Fsp3) is 0.556. The smallest absolute Gasteiger partial charge is 0.424 e. The van der Waals surface area contributed by atoms with Gasteiger partial charge in [-0.2, -0.15) is 4.90 Å². The summed E-state index contributed by atoms with van der Waals surface area (Å²) in [6.07, 6.45) is -2.56. The molecule has 0 aliphatic heterocycles. The number of rotatable bonds is 3. The normalized spacial score (nSPS) is 11.8. The molecule has 10 heteroatoms. The van der Waals surface area contributed by atoms with Crippen molar-refractivity contribution < 1.29 is 33.4 Å². The molecule has 0 saturated heterocycles. The van der Waals surface area contributed by atoms with Crippen LogP contribution in [0.4, 0.5) is 19.7 Å². The third-order valence-corrected chi connectivity index (χ3v) is 3.32. The molecule has 0 atom stereocenters. The molecule has 1 N–H and O–H groups in total. The lowest BCUT2D eigenvalue weighted by Crippen LogP contribution is -2.45. The van der Waals surface area contributed by atoms with Gasteiger partial charge >= 0.3 is 18.2 Å². The Hall–Kier alpha value is -2.42. The number of hydrogen-bond donors (Lipinski definition) is 1. The van der Waals surface area contributed by atoms with Gasteiger partial charge < -0.3 is 14.6 Å². The predicted molar refractivity (Wildman–Crippen MR) is 100 cm³/mol. The van der Waals surface area contributed by atoms with Gasteiger partial charge in [-0.1, -0.05) is 18.5 Å². The minimum absolute atomic E-state index is 0.0606. The highest BCUT2D eigenvalue weighted by Gasteiger charge is 2.39. The van der Waals surface area contributed by atoms with Crippen LogP contribution in [0, 0.1) is 5.82 Å². The predicted octanol–water partition coefficient (Wildman–Crippen LogP) is 4.81. The molecule has 0 bridgehead atoms. The first-order valence-electron chi connectivity index (χ1n) is 8.46. The molecule has 0 unspecified atom stereocenters. The third kappa shape index (κ3) is 5.79. The Morgan fingerprint density at radius 1 is 1.07 bits per heavy atom. The molecule has 0 aromatic carbocycles. The molecule has 0 aliphatic carbocycles. The van der Waals surface area contributed by atoms with Crippen LogP contribution in [0.1, 0.15) is 64.5 Å². The summed E-state index contributed by atoms with van der Waals surface area (Å²) in [4.78, 5) is 41.1. The summed E-state index contributed by atoms with van der Waals surface area (Å²) < 4.78 is 25.2. The number of imide groups is 1. The lowest BCUT2D eigenvalue weighted by Gasteiger charge is -2.29. The first kappa shape index (κ1) is 23.6. The number of carboxylic acids is 1. The van der Waals surface area contributed by atoms with Crippen LogP contribution in [0.15, 0.2) is 0 Å². The molecule has 156 valence electrons. The van der Waals surface area contributed by atoms with E-state index < -0.39 is 51.6 Å². The Balaban J connectivity index is 3.79. The summed E-state index contributed by atoms with van der Waals surface area (Å²) >= 11 is 5.78. The number of carboxylic acid groups (broad SMARTS) is 1. The van der Waals surface area contributed by atoms with E-state index in [0.29, 0.717) is 0 Å². The summed E-state index contributed by atoms with van der Waals surface area (Å²) in [6.45, 7) is 10.8. The van der Waals surface area contributed by atoms with E-state index in [1.54, 1.807) is 6.92 Å². The van der Waals surface area contributed by atoms with Crippen LogP contribution < -0.4 is 4.90 Å². The Morgan fingerprint density at radius 2 is 1.50 bits per heavy atom. The molecule has 0 fully saturated rings. The molecule has 0 saturated carbocycles. The number of carbonyl (C=O) groups excluding carboxylic acids is 2. The largest absolute Gasteiger partial charge is 0.478 e. The average Bonchev–Trinajstić information content (AvgIpc) is 2.47. The molecule has 0 spiro atoms. The van der Waals surface area contributed by atoms with Crippen LogP contribution in [0.5, 0.6) is 0 Å². The number of aryl methyl sites for hydroxylation is 1. The Morgan fingerprint density at radius 3 is 1.82 bits per heavy atom. The molecule has 1 aromatic rings. The highest BCUT2D eigenvalue weighted by molar-refractivity contribution is 6.30.